The van der Waals surface area contributed by atoms with Gasteiger partial charge in [0.25, 0.3) is 5.91 Å². The second kappa shape index (κ2) is 7.62. The van der Waals surface area contributed by atoms with E-state index in [4.69, 9.17) is 4.52 Å². The van der Waals surface area contributed by atoms with Gasteiger partial charge in [-0.2, -0.15) is 4.98 Å². The molecular weight excluding hydrogens is 360 g/mol. The number of aromatic nitrogens is 2. The van der Waals surface area contributed by atoms with Crippen LogP contribution in [0.1, 0.15) is 27.4 Å². The van der Waals surface area contributed by atoms with Crippen molar-refractivity contribution < 1.29 is 9.32 Å². The Labute approximate surface area is 162 Å². The highest BCUT2D eigenvalue weighted by atomic mass is 32.1. The van der Waals surface area contributed by atoms with Crippen LogP contribution in [-0.4, -0.2) is 52.0 Å². The standard InChI is InChI=1S/C20H22N4O2S/c1-14-5-3-6-16(15(14)2)20(25)24-10-8-23(9-11-24)13-18-21-19(22-26-18)17-7-4-12-27-17/h3-7,12H,8-11,13H2,1-2H3. The molecule has 0 bridgehead atoms. The number of benzene rings is 1. The van der Waals surface area contributed by atoms with Gasteiger partial charge >= 0.3 is 0 Å². The SMILES string of the molecule is Cc1cccc(C(=O)N2CCN(Cc3nc(-c4cccs4)no3)CC2)c1C. The summed E-state index contributed by atoms with van der Waals surface area (Å²) in [5, 5.41) is 6.06. The maximum atomic E-state index is 12.8. The van der Waals surface area contributed by atoms with Gasteiger partial charge in [-0.3, -0.25) is 9.69 Å². The van der Waals surface area contributed by atoms with E-state index in [2.05, 4.69) is 15.0 Å². The van der Waals surface area contributed by atoms with Crippen molar-refractivity contribution in [2.45, 2.75) is 20.4 Å². The zero-order valence-corrected chi connectivity index (χ0v) is 16.3. The van der Waals surface area contributed by atoms with E-state index < -0.39 is 0 Å². The molecule has 0 unspecified atom stereocenters. The van der Waals surface area contributed by atoms with Crippen LogP contribution in [0.3, 0.4) is 0 Å². The maximum Gasteiger partial charge on any atom is 0.254 e. The Kier molecular flexibility index (Phi) is 5.05. The Bertz CT molecular complexity index is 927. The topological polar surface area (TPSA) is 62.5 Å². The van der Waals surface area contributed by atoms with E-state index in [1.807, 2.05) is 54.5 Å². The molecule has 0 spiro atoms. The molecule has 4 rings (SSSR count). The van der Waals surface area contributed by atoms with Crippen LogP contribution in [-0.2, 0) is 6.54 Å². The minimum atomic E-state index is 0.119. The molecule has 7 heteroatoms. The summed E-state index contributed by atoms with van der Waals surface area (Å²) in [7, 11) is 0. The summed E-state index contributed by atoms with van der Waals surface area (Å²) in [6.07, 6.45) is 0. The van der Waals surface area contributed by atoms with E-state index >= 15 is 0 Å². The zero-order valence-electron chi connectivity index (χ0n) is 15.5. The number of aryl methyl sites for hydroxylation is 1. The Hall–Kier alpha value is -2.51. The molecular formula is C20H22N4O2S. The van der Waals surface area contributed by atoms with Crippen LogP contribution in [0.2, 0.25) is 0 Å². The first-order valence-electron chi connectivity index (χ1n) is 9.06. The molecule has 3 aromatic rings. The Morgan fingerprint density at radius 1 is 1.15 bits per heavy atom. The highest BCUT2D eigenvalue weighted by Gasteiger charge is 2.24. The quantitative estimate of drug-likeness (QED) is 0.692. The van der Waals surface area contributed by atoms with E-state index in [-0.39, 0.29) is 5.91 Å². The van der Waals surface area contributed by atoms with E-state index in [0.29, 0.717) is 31.3 Å². The van der Waals surface area contributed by atoms with Gasteiger partial charge in [-0.05, 0) is 42.5 Å². The molecule has 0 aliphatic carbocycles. The van der Waals surface area contributed by atoms with Crippen LogP contribution in [0, 0.1) is 13.8 Å². The van der Waals surface area contributed by atoms with Gasteiger partial charge in [0.15, 0.2) is 0 Å². The van der Waals surface area contributed by atoms with Crippen LogP contribution in [0.4, 0.5) is 0 Å². The van der Waals surface area contributed by atoms with Gasteiger partial charge in [-0.25, -0.2) is 0 Å². The van der Waals surface area contributed by atoms with E-state index in [0.717, 1.165) is 34.7 Å². The molecule has 2 aromatic heterocycles. The third-order valence-corrected chi connectivity index (χ3v) is 5.93. The summed E-state index contributed by atoms with van der Waals surface area (Å²) in [4.78, 5) is 22.5. The fourth-order valence-electron chi connectivity index (χ4n) is 3.28. The van der Waals surface area contributed by atoms with Gasteiger partial charge in [0.1, 0.15) is 0 Å². The maximum absolute atomic E-state index is 12.8. The molecule has 1 saturated heterocycles. The summed E-state index contributed by atoms with van der Waals surface area (Å²) in [5.41, 5.74) is 3.02. The van der Waals surface area contributed by atoms with Gasteiger partial charge in [0, 0.05) is 31.7 Å². The molecule has 1 aliphatic heterocycles. The van der Waals surface area contributed by atoms with Crippen LogP contribution in [0.25, 0.3) is 10.7 Å². The van der Waals surface area contributed by atoms with Crippen molar-refractivity contribution in [3.8, 4) is 10.7 Å². The lowest BCUT2D eigenvalue weighted by atomic mass is 10.0. The van der Waals surface area contributed by atoms with Gasteiger partial charge in [-0.15, -0.1) is 11.3 Å². The second-order valence-electron chi connectivity index (χ2n) is 6.80. The average molecular weight is 382 g/mol. The number of hydrogen-bond acceptors (Lipinski definition) is 6. The molecule has 6 nitrogen and oxygen atoms in total. The van der Waals surface area contributed by atoms with Gasteiger partial charge in [0.2, 0.25) is 11.7 Å². The minimum Gasteiger partial charge on any atom is -0.338 e. The molecule has 0 saturated carbocycles. The van der Waals surface area contributed by atoms with Crippen molar-refractivity contribution in [2.24, 2.45) is 0 Å². The van der Waals surface area contributed by atoms with Crippen molar-refractivity contribution >= 4 is 17.2 Å². The molecule has 1 amide bonds. The summed E-state index contributed by atoms with van der Waals surface area (Å²) >= 11 is 1.60. The fraction of sp³-hybridized carbons (Fsp3) is 0.350. The van der Waals surface area contributed by atoms with Gasteiger partial charge < -0.3 is 9.42 Å². The van der Waals surface area contributed by atoms with E-state index in [1.54, 1.807) is 11.3 Å². The lowest BCUT2D eigenvalue weighted by molar-refractivity contribution is 0.0614. The summed E-state index contributed by atoms with van der Waals surface area (Å²) in [6.45, 7) is 7.68. The number of piperazine rings is 1. The molecule has 140 valence electrons. The third-order valence-electron chi connectivity index (χ3n) is 5.06. The van der Waals surface area contributed by atoms with Crippen LogP contribution < -0.4 is 0 Å². The smallest absolute Gasteiger partial charge is 0.254 e. The Morgan fingerprint density at radius 2 is 1.96 bits per heavy atom. The first-order chi connectivity index (χ1) is 13.1. The van der Waals surface area contributed by atoms with Gasteiger partial charge in [0.05, 0.1) is 11.4 Å². The average Bonchev–Trinajstić information content (AvgIpc) is 3.36. The molecule has 27 heavy (non-hydrogen) atoms. The largest absolute Gasteiger partial charge is 0.338 e. The molecule has 0 atom stereocenters. The summed E-state index contributed by atoms with van der Waals surface area (Å²) < 4.78 is 5.39. The highest BCUT2D eigenvalue weighted by molar-refractivity contribution is 7.13. The first-order valence-corrected chi connectivity index (χ1v) is 9.94. The third kappa shape index (κ3) is 3.79. The van der Waals surface area contributed by atoms with Crippen LogP contribution in [0.15, 0.2) is 40.2 Å². The van der Waals surface area contributed by atoms with Crippen molar-refractivity contribution in [3.63, 3.8) is 0 Å². The van der Waals surface area contributed by atoms with Crippen LogP contribution in [0.5, 0.6) is 0 Å². The predicted molar refractivity (Wildman–Crippen MR) is 105 cm³/mol. The normalized spacial score (nSPS) is 15.3. The number of rotatable bonds is 4. The molecule has 0 N–H and O–H groups in total. The number of thiophene rings is 1. The number of carbonyl (C=O) groups excluding carboxylic acids is 1. The van der Waals surface area contributed by atoms with Crippen molar-refractivity contribution in [1.29, 1.82) is 0 Å². The van der Waals surface area contributed by atoms with E-state index in [9.17, 15) is 4.79 Å². The second-order valence-corrected chi connectivity index (χ2v) is 7.75. The molecule has 1 fully saturated rings. The Morgan fingerprint density at radius 3 is 2.70 bits per heavy atom. The number of hydrogen-bond donors (Lipinski definition) is 0. The highest BCUT2D eigenvalue weighted by Crippen LogP contribution is 2.22. The number of carbonyl (C=O) groups is 1. The lowest BCUT2D eigenvalue weighted by Gasteiger charge is -2.34. The van der Waals surface area contributed by atoms with Crippen molar-refractivity contribution in [1.82, 2.24) is 19.9 Å². The summed E-state index contributed by atoms with van der Waals surface area (Å²) in [5.74, 6) is 1.38. The van der Waals surface area contributed by atoms with Crippen LogP contribution >= 0.6 is 11.3 Å². The van der Waals surface area contributed by atoms with Crippen molar-refractivity contribution in [3.05, 3.63) is 58.3 Å². The molecule has 1 aromatic carbocycles. The first kappa shape index (κ1) is 17.9. The Balaban J connectivity index is 1.35. The predicted octanol–water partition coefficient (Wildman–Crippen LogP) is 3.37. The zero-order chi connectivity index (χ0) is 18.8. The number of nitrogens with zero attached hydrogens (tertiary/aromatic N) is 4. The summed E-state index contributed by atoms with van der Waals surface area (Å²) in [6, 6.07) is 9.87. The molecule has 1 aliphatic rings. The monoisotopic (exact) mass is 382 g/mol. The van der Waals surface area contributed by atoms with E-state index in [1.165, 1.54) is 0 Å². The molecule has 3 heterocycles. The minimum absolute atomic E-state index is 0.119. The van der Waals surface area contributed by atoms with Crippen molar-refractivity contribution in [2.75, 3.05) is 26.2 Å². The lowest BCUT2D eigenvalue weighted by Crippen LogP contribution is -2.48. The fourth-order valence-corrected chi connectivity index (χ4v) is 3.93. The van der Waals surface area contributed by atoms with Gasteiger partial charge in [-0.1, -0.05) is 23.4 Å². The number of amides is 1. The molecule has 0 radical (unpaired) electrons.